The van der Waals surface area contributed by atoms with Crippen molar-refractivity contribution >= 4 is 16.8 Å². The lowest BCUT2D eigenvalue weighted by Gasteiger charge is -2.26. The Labute approximate surface area is 195 Å². The van der Waals surface area contributed by atoms with Gasteiger partial charge in [-0.15, -0.1) is 0 Å². The van der Waals surface area contributed by atoms with Gasteiger partial charge in [-0.2, -0.15) is 0 Å². The number of ether oxygens (including phenoxy) is 3. The maximum absolute atomic E-state index is 13.0. The van der Waals surface area contributed by atoms with Crippen molar-refractivity contribution < 1.29 is 19.0 Å². The van der Waals surface area contributed by atoms with Crippen molar-refractivity contribution in [2.45, 2.75) is 18.8 Å². The van der Waals surface area contributed by atoms with Gasteiger partial charge in [0.05, 0.1) is 27.4 Å². The number of nitrogens with one attached hydrogen (secondary N) is 2. The Morgan fingerprint density at radius 2 is 1.91 bits per heavy atom. The monoisotopic (exact) mass is 451 g/mol. The lowest BCUT2D eigenvalue weighted by molar-refractivity contribution is -0.121. The fourth-order valence-electron chi connectivity index (χ4n) is 4.57. The zero-order valence-corrected chi connectivity index (χ0v) is 19.4. The molecule has 0 aliphatic carbocycles. The molecule has 1 aromatic heterocycles. The van der Waals surface area contributed by atoms with Gasteiger partial charge in [0.1, 0.15) is 0 Å². The molecule has 1 saturated heterocycles. The average molecular weight is 452 g/mol. The topological polar surface area (TPSA) is 75.8 Å². The number of rotatable bonds is 10. The summed E-state index contributed by atoms with van der Waals surface area (Å²) in [5.74, 6) is 1.17. The minimum absolute atomic E-state index is 0.0251. The minimum Gasteiger partial charge on any atom is -0.493 e. The highest BCUT2D eigenvalue weighted by atomic mass is 16.5. The number of carbonyl (C=O) groups is 1. The molecule has 0 radical (unpaired) electrons. The van der Waals surface area contributed by atoms with E-state index in [0.29, 0.717) is 24.5 Å². The van der Waals surface area contributed by atoms with E-state index in [1.165, 1.54) is 0 Å². The van der Waals surface area contributed by atoms with Gasteiger partial charge < -0.3 is 24.5 Å². The summed E-state index contributed by atoms with van der Waals surface area (Å²) < 4.78 is 16.6. The molecule has 2 heterocycles. The number of hydrogen-bond acceptors (Lipinski definition) is 5. The Balaban J connectivity index is 1.52. The Morgan fingerprint density at radius 3 is 2.70 bits per heavy atom. The fourth-order valence-corrected chi connectivity index (χ4v) is 4.57. The van der Waals surface area contributed by atoms with E-state index in [9.17, 15) is 4.79 Å². The Morgan fingerprint density at radius 1 is 1.09 bits per heavy atom. The van der Waals surface area contributed by atoms with Crippen LogP contribution in [0.4, 0.5) is 0 Å². The molecule has 176 valence electrons. The molecule has 0 unspecified atom stereocenters. The number of amides is 1. The SMILES string of the molecule is COc1cccc([C@H](CC(=O)NCCCN2CCOCC2)c2c[nH]c3ccccc23)c1OC. The number of aromatic nitrogens is 1. The zero-order valence-electron chi connectivity index (χ0n) is 19.4. The van der Waals surface area contributed by atoms with Crippen LogP contribution in [0.1, 0.15) is 29.9 Å². The minimum atomic E-state index is -0.176. The first-order chi connectivity index (χ1) is 16.2. The molecular formula is C26H33N3O4. The second kappa shape index (κ2) is 11.2. The Bertz CT molecular complexity index is 1060. The number of fused-ring (bicyclic) bond motifs is 1. The van der Waals surface area contributed by atoms with E-state index in [1.54, 1.807) is 14.2 Å². The molecule has 7 heteroatoms. The van der Waals surface area contributed by atoms with Crippen LogP contribution in [0.2, 0.25) is 0 Å². The largest absolute Gasteiger partial charge is 0.493 e. The quantitative estimate of drug-likeness (QED) is 0.461. The summed E-state index contributed by atoms with van der Waals surface area (Å²) in [7, 11) is 3.27. The smallest absolute Gasteiger partial charge is 0.220 e. The molecule has 1 amide bonds. The highest BCUT2D eigenvalue weighted by Gasteiger charge is 2.26. The molecule has 33 heavy (non-hydrogen) atoms. The Hall–Kier alpha value is -3.03. The molecule has 3 aromatic rings. The fraction of sp³-hybridized carbons (Fsp3) is 0.423. The summed E-state index contributed by atoms with van der Waals surface area (Å²) in [5.41, 5.74) is 3.05. The van der Waals surface area contributed by atoms with E-state index >= 15 is 0 Å². The second-order valence-electron chi connectivity index (χ2n) is 8.29. The lowest BCUT2D eigenvalue weighted by Crippen LogP contribution is -2.38. The van der Waals surface area contributed by atoms with Gasteiger partial charge in [0.15, 0.2) is 11.5 Å². The van der Waals surface area contributed by atoms with Crippen molar-refractivity contribution in [1.29, 1.82) is 0 Å². The third-order valence-electron chi connectivity index (χ3n) is 6.27. The van der Waals surface area contributed by atoms with Crippen LogP contribution in [0.25, 0.3) is 10.9 Å². The number of H-pyrrole nitrogens is 1. The zero-order chi connectivity index (χ0) is 23.0. The van der Waals surface area contributed by atoms with Crippen molar-refractivity contribution in [2.24, 2.45) is 0 Å². The van der Waals surface area contributed by atoms with E-state index in [-0.39, 0.29) is 11.8 Å². The average Bonchev–Trinajstić information content (AvgIpc) is 3.29. The number of nitrogens with zero attached hydrogens (tertiary/aromatic N) is 1. The highest BCUT2D eigenvalue weighted by Crippen LogP contribution is 2.41. The van der Waals surface area contributed by atoms with Crippen molar-refractivity contribution in [3.8, 4) is 11.5 Å². The highest BCUT2D eigenvalue weighted by molar-refractivity contribution is 5.86. The molecular weight excluding hydrogens is 418 g/mol. The molecule has 2 N–H and O–H groups in total. The van der Waals surface area contributed by atoms with Crippen LogP contribution in [0.3, 0.4) is 0 Å². The predicted octanol–water partition coefficient (Wildman–Crippen LogP) is 3.55. The number of carbonyl (C=O) groups excluding carboxylic acids is 1. The molecule has 0 saturated carbocycles. The third kappa shape index (κ3) is 5.49. The molecule has 0 spiro atoms. The van der Waals surface area contributed by atoms with E-state index in [4.69, 9.17) is 14.2 Å². The van der Waals surface area contributed by atoms with E-state index in [1.807, 2.05) is 42.6 Å². The van der Waals surface area contributed by atoms with Crippen LogP contribution >= 0.6 is 0 Å². The van der Waals surface area contributed by atoms with Crippen LogP contribution in [-0.2, 0) is 9.53 Å². The van der Waals surface area contributed by atoms with Crippen molar-refractivity contribution in [2.75, 3.05) is 53.6 Å². The molecule has 1 fully saturated rings. The standard InChI is InChI=1S/C26H33N3O4/c1-31-24-10-5-8-20(26(24)32-2)21(22-18-28-23-9-4-3-7-19(22)23)17-25(30)27-11-6-12-29-13-15-33-16-14-29/h3-5,7-10,18,21,28H,6,11-17H2,1-2H3,(H,27,30)/t21-/m0/s1. The number of para-hydroxylation sites is 2. The summed E-state index contributed by atoms with van der Waals surface area (Å²) >= 11 is 0. The van der Waals surface area contributed by atoms with Gasteiger partial charge in [0.25, 0.3) is 0 Å². The summed E-state index contributed by atoms with van der Waals surface area (Å²) in [6.45, 7) is 5.14. The number of aromatic amines is 1. The number of methoxy groups -OCH3 is 2. The van der Waals surface area contributed by atoms with Crippen molar-refractivity contribution in [1.82, 2.24) is 15.2 Å². The number of benzene rings is 2. The first kappa shape index (κ1) is 23.1. The van der Waals surface area contributed by atoms with Gasteiger partial charge in [-0.05, 0) is 30.7 Å². The van der Waals surface area contributed by atoms with Crippen LogP contribution in [0.5, 0.6) is 11.5 Å². The summed E-state index contributed by atoms with van der Waals surface area (Å²) in [6.07, 6.45) is 3.24. The van der Waals surface area contributed by atoms with Gasteiger partial charge in [0, 0.05) is 54.6 Å². The molecule has 1 atom stereocenters. The molecule has 7 nitrogen and oxygen atoms in total. The van der Waals surface area contributed by atoms with Crippen LogP contribution in [0, 0.1) is 0 Å². The van der Waals surface area contributed by atoms with E-state index in [0.717, 1.165) is 61.3 Å². The molecule has 4 rings (SSSR count). The van der Waals surface area contributed by atoms with E-state index in [2.05, 4.69) is 21.3 Å². The predicted molar refractivity (Wildman–Crippen MR) is 129 cm³/mol. The molecule has 1 aliphatic heterocycles. The molecule has 2 aromatic carbocycles. The van der Waals surface area contributed by atoms with Gasteiger partial charge >= 0.3 is 0 Å². The molecule has 1 aliphatic rings. The maximum atomic E-state index is 13.0. The number of morpholine rings is 1. The first-order valence-electron chi connectivity index (χ1n) is 11.5. The lowest BCUT2D eigenvalue weighted by atomic mass is 9.87. The van der Waals surface area contributed by atoms with Gasteiger partial charge in [0.2, 0.25) is 5.91 Å². The van der Waals surface area contributed by atoms with Crippen molar-refractivity contribution in [3.63, 3.8) is 0 Å². The summed E-state index contributed by atoms with van der Waals surface area (Å²) in [5, 5.41) is 4.22. The van der Waals surface area contributed by atoms with Crippen LogP contribution < -0.4 is 14.8 Å². The van der Waals surface area contributed by atoms with Crippen molar-refractivity contribution in [3.05, 3.63) is 59.8 Å². The van der Waals surface area contributed by atoms with Crippen LogP contribution in [-0.4, -0.2) is 69.4 Å². The maximum Gasteiger partial charge on any atom is 0.220 e. The summed E-state index contributed by atoms with van der Waals surface area (Å²) in [4.78, 5) is 18.8. The molecule has 0 bridgehead atoms. The third-order valence-corrected chi connectivity index (χ3v) is 6.27. The second-order valence-corrected chi connectivity index (χ2v) is 8.29. The van der Waals surface area contributed by atoms with Gasteiger partial charge in [-0.1, -0.05) is 30.3 Å². The first-order valence-corrected chi connectivity index (χ1v) is 11.5. The van der Waals surface area contributed by atoms with Gasteiger partial charge in [-0.3, -0.25) is 9.69 Å². The number of hydrogen-bond donors (Lipinski definition) is 2. The van der Waals surface area contributed by atoms with Gasteiger partial charge in [-0.25, -0.2) is 0 Å². The normalized spacial score (nSPS) is 15.3. The summed E-state index contributed by atoms with van der Waals surface area (Å²) in [6, 6.07) is 14.0. The van der Waals surface area contributed by atoms with Crippen LogP contribution in [0.15, 0.2) is 48.7 Å². The Kier molecular flexibility index (Phi) is 7.86. The van der Waals surface area contributed by atoms with E-state index < -0.39 is 0 Å².